The van der Waals surface area contributed by atoms with Gasteiger partial charge in [-0.3, -0.25) is 20.4 Å². The molecule has 0 bridgehead atoms. The van der Waals surface area contributed by atoms with Crippen LogP contribution in [-0.2, 0) is 9.59 Å². The lowest BCUT2D eigenvalue weighted by atomic mass is 10.00. The molecular weight excluding hydrogens is 222 g/mol. The molecule has 5 N–H and O–H groups in total. The predicted octanol–water partition coefficient (Wildman–Crippen LogP) is -1.26. The van der Waals surface area contributed by atoms with Crippen molar-refractivity contribution in [3.63, 3.8) is 0 Å². The van der Waals surface area contributed by atoms with Crippen molar-refractivity contribution in [2.75, 3.05) is 6.54 Å². The van der Waals surface area contributed by atoms with Crippen LogP contribution in [0.15, 0.2) is 16.4 Å². The van der Waals surface area contributed by atoms with Gasteiger partial charge in [0.05, 0.1) is 0 Å². The van der Waals surface area contributed by atoms with E-state index in [1.165, 1.54) is 0 Å². The van der Waals surface area contributed by atoms with Crippen LogP contribution in [0.3, 0.4) is 0 Å². The van der Waals surface area contributed by atoms with Crippen molar-refractivity contribution >= 4 is 17.5 Å². The van der Waals surface area contributed by atoms with Gasteiger partial charge in [0.15, 0.2) is 0 Å². The molecule has 0 radical (unpaired) electrons. The zero-order valence-electron chi connectivity index (χ0n) is 9.54. The number of nitrogens with one attached hydrogen (secondary N) is 3. The molecule has 7 heteroatoms. The molecule has 0 saturated heterocycles. The number of hydrogen-bond donors (Lipinski definition) is 4. The maximum absolute atomic E-state index is 11.8. The highest BCUT2D eigenvalue weighted by molar-refractivity contribution is 6.40. The number of hydrogen-bond acceptors (Lipinski definition) is 5. The molecule has 0 aromatic rings. The molecule has 2 heterocycles. The summed E-state index contributed by atoms with van der Waals surface area (Å²) in [6.07, 6.45) is 0.957. The molecule has 0 fully saturated rings. The predicted molar refractivity (Wildman–Crippen MR) is 61.3 cm³/mol. The first-order chi connectivity index (χ1) is 8.11. The van der Waals surface area contributed by atoms with E-state index >= 15 is 0 Å². The van der Waals surface area contributed by atoms with Crippen LogP contribution >= 0.6 is 0 Å². The second-order valence-corrected chi connectivity index (χ2v) is 4.30. The SMILES string of the molecule is CC1CNC(=O)C2=C(C1)NN=C(C(=O)NN)C2. The number of allylic oxidation sites excluding steroid dienone is 1. The van der Waals surface area contributed by atoms with E-state index in [0.717, 1.165) is 12.1 Å². The summed E-state index contributed by atoms with van der Waals surface area (Å²) >= 11 is 0. The summed E-state index contributed by atoms with van der Waals surface area (Å²) in [5, 5.41) is 6.75. The van der Waals surface area contributed by atoms with Gasteiger partial charge in [0.2, 0.25) is 5.91 Å². The molecule has 0 saturated carbocycles. The number of rotatable bonds is 1. The van der Waals surface area contributed by atoms with E-state index in [9.17, 15) is 9.59 Å². The third-order valence-electron chi connectivity index (χ3n) is 2.87. The minimum atomic E-state index is -0.478. The molecule has 92 valence electrons. The molecule has 2 aliphatic rings. The van der Waals surface area contributed by atoms with E-state index in [0.29, 0.717) is 18.0 Å². The summed E-state index contributed by atoms with van der Waals surface area (Å²) in [6, 6.07) is 0. The van der Waals surface area contributed by atoms with E-state index in [4.69, 9.17) is 5.84 Å². The summed E-state index contributed by atoms with van der Waals surface area (Å²) in [7, 11) is 0. The number of amides is 2. The van der Waals surface area contributed by atoms with Gasteiger partial charge in [0, 0.05) is 24.2 Å². The fraction of sp³-hybridized carbons (Fsp3) is 0.500. The normalized spacial score (nSPS) is 24.0. The average Bonchev–Trinajstić information content (AvgIpc) is 2.48. The van der Waals surface area contributed by atoms with Crippen molar-refractivity contribution in [1.29, 1.82) is 0 Å². The zero-order valence-corrected chi connectivity index (χ0v) is 9.54. The highest BCUT2D eigenvalue weighted by Crippen LogP contribution is 2.22. The maximum Gasteiger partial charge on any atom is 0.281 e. The molecule has 7 nitrogen and oxygen atoms in total. The summed E-state index contributed by atoms with van der Waals surface area (Å²) in [5.41, 5.74) is 6.37. The van der Waals surface area contributed by atoms with Crippen LogP contribution in [0.25, 0.3) is 0 Å². The van der Waals surface area contributed by atoms with Crippen LogP contribution in [0.4, 0.5) is 0 Å². The van der Waals surface area contributed by atoms with Crippen LogP contribution < -0.4 is 22.0 Å². The molecule has 2 amide bonds. The molecule has 0 aromatic carbocycles. The Morgan fingerprint density at radius 1 is 1.59 bits per heavy atom. The van der Waals surface area contributed by atoms with Crippen molar-refractivity contribution < 1.29 is 9.59 Å². The van der Waals surface area contributed by atoms with Crippen LogP contribution in [0, 0.1) is 5.92 Å². The Kier molecular flexibility index (Phi) is 3.10. The summed E-state index contributed by atoms with van der Waals surface area (Å²) in [4.78, 5) is 23.2. The highest BCUT2D eigenvalue weighted by Gasteiger charge is 2.28. The monoisotopic (exact) mass is 237 g/mol. The largest absolute Gasteiger partial charge is 0.352 e. The van der Waals surface area contributed by atoms with Crippen molar-refractivity contribution in [2.24, 2.45) is 16.9 Å². The molecule has 1 atom stereocenters. The van der Waals surface area contributed by atoms with Crippen LogP contribution in [0.1, 0.15) is 19.8 Å². The minimum Gasteiger partial charge on any atom is -0.352 e. The van der Waals surface area contributed by atoms with Crippen LogP contribution in [0.5, 0.6) is 0 Å². The van der Waals surface area contributed by atoms with E-state index in [1.807, 2.05) is 12.3 Å². The fourth-order valence-corrected chi connectivity index (χ4v) is 1.91. The van der Waals surface area contributed by atoms with Crippen molar-refractivity contribution in [3.8, 4) is 0 Å². The van der Waals surface area contributed by atoms with E-state index in [2.05, 4.69) is 15.8 Å². The first-order valence-corrected chi connectivity index (χ1v) is 5.45. The van der Waals surface area contributed by atoms with Gasteiger partial charge in [0.25, 0.3) is 5.91 Å². The van der Waals surface area contributed by atoms with Gasteiger partial charge in [-0.15, -0.1) is 0 Å². The van der Waals surface area contributed by atoms with Gasteiger partial charge in [-0.25, -0.2) is 5.84 Å². The van der Waals surface area contributed by atoms with Crippen molar-refractivity contribution in [3.05, 3.63) is 11.3 Å². The molecule has 1 unspecified atom stereocenters. The Labute approximate surface area is 98.5 Å². The van der Waals surface area contributed by atoms with Gasteiger partial charge in [-0.05, 0) is 12.3 Å². The van der Waals surface area contributed by atoms with Gasteiger partial charge in [-0.1, -0.05) is 6.92 Å². The topological polar surface area (TPSA) is 109 Å². The standard InChI is InChI=1S/C10H15N5O2/c1-5-2-7-6(9(16)12-4-5)3-8(15-14-7)10(17)13-11/h5,14H,2-4,11H2,1H3,(H,12,16)(H,13,17). The Morgan fingerprint density at radius 2 is 2.35 bits per heavy atom. The molecule has 2 aliphatic heterocycles. The first kappa shape index (κ1) is 11.6. The second kappa shape index (κ2) is 4.54. The number of nitrogens with zero attached hydrogens (tertiary/aromatic N) is 1. The summed E-state index contributed by atoms with van der Waals surface area (Å²) < 4.78 is 0. The maximum atomic E-state index is 11.8. The molecule has 2 rings (SSSR count). The number of nitrogens with two attached hydrogens (primary N) is 1. The lowest BCUT2D eigenvalue weighted by Gasteiger charge is -2.18. The molecule has 17 heavy (non-hydrogen) atoms. The first-order valence-electron chi connectivity index (χ1n) is 5.45. The summed E-state index contributed by atoms with van der Waals surface area (Å²) in [5.74, 6) is 4.76. The van der Waals surface area contributed by atoms with Crippen LogP contribution in [0.2, 0.25) is 0 Å². The van der Waals surface area contributed by atoms with E-state index < -0.39 is 5.91 Å². The molecule has 0 aliphatic carbocycles. The minimum absolute atomic E-state index is 0.144. The number of carbonyl (C=O) groups excluding carboxylic acids is 2. The lowest BCUT2D eigenvalue weighted by molar-refractivity contribution is -0.117. The zero-order chi connectivity index (χ0) is 12.4. The Morgan fingerprint density at radius 3 is 3.06 bits per heavy atom. The molecule has 0 spiro atoms. The summed E-state index contributed by atoms with van der Waals surface area (Å²) in [6.45, 7) is 2.68. The quantitative estimate of drug-likeness (QED) is 0.259. The van der Waals surface area contributed by atoms with Gasteiger partial charge >= 0.3 is 0 Å². The van der Waals surface area contributed by atoms with E-state index in [1.54, 1.807) is 0 Å². The lowest BCUT2D eigenvalue weighted by Crippen LogP contribution is -2.40. The van der Waals surface area contributed by atoms with Crippen molar-refractivity contribution in [2.45, 2.75) is 19.8 Å². The van der Waals surface area contributed by atoms with Gasteiger partial charge in [0.1, 0.15) is 5.71 Å². The smallest absolute Gasteiger partial charge is 0.281 e. The molecule has 0 aromatic heterocycles. The Bertz CT molecular complexity index is 426. The number of carbonyl (C=O) groups is 2. The number of hydrazone groups is 1. The van der Waals surface area contributed by atoms with Gasteiger partial charge in [-0.2, -0.15) is 5.10 Å². The van der Waals surface area contributed by atoms with Crippen molar-refractivity contribution in [1.82, 2.24) is 16.2 Å². The van der Waals surface area contributed by atoms with Crippen LogP contribution in [-0.4, -0.2) is 24.1 Å². The molecular formula is C10H15N5O2. The average molecular weight is 237 g/mol. The second-order valence-electron chi connectivity index (χ2n) is 4.30. The third-order valence-corrected chi connectivity index (χ3v) is 2.87. The number of hydrazine groups is 1. The Balaban J connectivity index is 2.21. The van der Waals surface area contributed by atoms with E-state index in [-0.39, 0.29) is 18.0 Å². The Hall–Kier alpha value is -1.89. The van der Waals surface area contributed by atoms with Gasteiger partial charge < -0.3 is 5.32 Å². The third kappa shape index (κ3) is 2.28. The highest BCUT2D eigenvalue weighted by atomic mass is 16.2. The fourth-order valence-electron chi connectivity index (χ4n) is 1.91.